The minimum Gasteiger partial charge on any atom is -0.369 e. The summed E-state index contributed by atoms with van der Waals surface area (Å²) in [4.78, 5) is 7.72. The van der Waals surface area contributed by atoms with Gasteiger partial charge in [-0.25, -0.2) is 0 Å². The van der Waals surface area contributed by atoms with E-state index in [1.165, 1.54) is 25.1 Å². The van der Waals surface area contributed by atoms with E-state index >= 15 is 0 Å². The van der Waals surface area contributed by atoms with Gasteiger partial charge >= 0.3 is 0 Å². The summed E-state index contributed by atoms with van der Waals surface area (Å²) in [5.41, 5.74) is 2.40. The van der Waals surface area contributed by atoms with Crippen molar-refractivity contribution in [3.8, 4) is 0 Å². The lowest BCUT2D eigenvalue weighted by Gasteiger charge is -2.43. The Morgan fingerprint density at radius 2 is 1.83 bits per heavy atom. The molecule has 1 aromatic carbocycles. The fourth-order valence-corrected chi connectivity index (χ4v) is 4.01. The number of anilines is 1. The first-order chi connectivity index (χ1) is 11.9. The summed E-state index contributed by atoms with van der Waals surface area (Å²) < 4.78 is 4.96. The third-order valence-corrected chi connectivity index (χ3v) is 5.31. The summed E-state index contributed by atoms with van der Waals surface area (Å²) >= 11 is 0. The van der Waals surface area contributed by atoms with Crippen molar-refractivity contribution in [1.82, 2.24) is 15.0 Å². The average molecular weight is 326 g/mol. The highest BCUT2D eigenvalue weighted by Crippen LogP contribution is 2.21. The summed E-state index contributed by atoms with van der Waals surface area (Å²) in [5, 5.41) is 4.05. The van der Waals surface area contributed by atoms with Crippen molar-refractivity contribution in [2.24, 2.45) is 0 Å². The van der Waals surface area contributed by atoms with Gasteiger partial charge in [-0.05, 0) is 31.5 Å². The highest BCUT2D eigenvalue weighted by Gasteiger charge is 2.28. The van der Waals surface area contributed by atoms with Crippen LogP contribution in [0.15, 0.2) is 47.2 Å². The number of rotatable bonds is 4. The molecule has 2 saturated heterocycles. The van der Waals surface area contributed by atoms with Gasteiger partial charge in [-0.1, -0.05) is 23.4 Å². The molecule has 0 spiro atoms. The molecule has 1 atom stereocenters. The fraction of sp³-hybridized carbons (Fsp3) is 0.526. The molecule has 2 aromatic rings. The van der Waals surface area contributed by atoms with Gasteiger partial charge < -0.3 is 9.42 Å². The molecule has 3 heterocycles. The highest BCUT2D eigenvalue weighted by atomic mass is 16.5. The molecular weight excluding hydrogens is 300 g/mol. The molecule has 2 aliphatic heterocycles. The van der Waals surface area contributed by atoms with Crippen LogP contribution in [0.2, 0.25) is 0 Å². The molecule has 1 aromatic heterocycles. The summed E-state index contributed by atoms with van der Waals surface area (Å²) in [6.07, 6.45) is 4.27. The van der Waals surface area contributed by atoms with E-state index in [0.717, 1.165) is 45.0 Å². The van der Waals surface area contributed by atoms with Gasteiger partial charge in [-0.3, -0.25) is 9.80 Å². The number of nitrogens with zero attached hydrogens (tertiary/aromatic N) is 4. The van der Waals surface area contributed by atoms with E-state index in [1.807, 2.05) is 6.07 Å². The van der Waals surface area contributed by atoms with Crippen LogP contribution in [0.25, 0.3) is 0 Å². The van der Waals surface area contributed by atoms with Crippen LogP contribution in [0.5, 0.6) is 0 Å². The summed E-state index contributed by atoms with van der Waals surface area (Å²) in [6, 6.07) is 13.4. The van der Waals surface area contributed by atoms with Crippen molar-refractivity contribution in [2.75, 3.05) is 44.2 Å². The Balaban J connectivity index is 1.30. The third kappa shape index (κ3) is 3.62. The molecule has 0 unspecified atom stereocenters. The molecule has 4 rings (SSSR count). The molecule has 5 nitrogen and oxygen atoms in total. The molecule has 128 valence electrons. The molecule has 2 aliphatic rings. The second-order valence-corrected chi connectivity index (χ2v) is 6.88. The Kier molecular flexibility index (Phi) is 4.81. The molecule has 2 fully saturated rings. The summed E-state index contributed by atoms with van der Waals surface area (Å²) in [7, 11) is 0. The van der Waals surface area contributed by atoms with Gasteiger partial charge in [0.2, 0.25) is 0 Å². The first-order valence-corrected chi connectivity index (χ1v) is 9.04. The Bertz CT molecular complexity index is 608. The van der Waals surface area contributed by atoms with E-state index < -0.39 is 0 Å². The zero-order valence-corrected chi connectivity index (χ0v) is 14.2. The van der Waals surface area contributed by atoms with Gasteiger partial charge in [0.05, 0.1) is 5.69 Å². The van der Waals surface area contributed by atoms with Crippen molar-refractivity contribution >= 4 is 5.69 Å². The number of hydrogen-bond donors (Lipinski definition) is 0. The number of hydrogen-bond acceptors (Lipinski definition) is 5. The van der Waals surface area contributed by atoms with Crippen LogP contribution in [-0.2, 0) is 6.54 Å². The minimum absolute atomic E-state index is 0.684. The first-order valence-electron chi connectivity index (χ1n) is 9.04. The van der Waals surface area contributed by atoms with Crippen LogP contribution in [0, 0.1) is 0 Å². The van der Waals surface area contributed by atoms with Gasteiger partial charge in [0.1, 0.15) is 6.26 Å². The van der Waals surface area contributed by atoms with Crippen molar-refractivity contribution in [2.45, 2.75) is 25.4 Å². The zero-order valence-electron chi connectivity index (χ0n) is 14.2. The van der Waals surface area contributed by atoms with Gasteiger partial charge in [-0.2, -0.15) is 0 Å². The SMILES string of the molecule is c1ccc(N2CCN([C@@H]3CCCN(Cc4ccon4)C3)CC2)cc1. The molecule has 0 aliphatic carbocycles. The van der Waals surface area contributed by atoms with Crippen LogP contribution in [-0.4, -0.2) is 60.3 Å². The van der Waals surface area contributed by atoms with E-state index in [-0.39, 0.29) is 0 Å². The lowest BCUT2D eigenvalue weighted by molar-refractivity contribution is 0.0875. The Labute approximate surface area is 143 Å². The van der Waals surface area contributed by atoms with E-state index in [9.17, 15) is 0 Å². The molecule has 0 amide bonds. The van der Waals surface area contributed by atoms with Gasteiger partial charge in [0.15, 0.2) is 0 Å². The standard InChI is InChI=1S/C19H26N4O/c1-2-5-18(6-3-1)22-10-12-23(13-11-22)19-7-4-9-21(16-19)15-17-8-14-24-20-17/h1-3,5-6,8,14,19H,4,7,9-13,15-16H2/t19-/m1/s1. The number of benzene rings is 1. The largest absolute Gasteiger partial charge is 0.369 e. The molecule has 0 N–H and O–H groups in total. The van der Waals surface area contributed by atoms with Crippen LogP contribution < -0.4 is 4.90 Å². The average Bonchev–Trinajstić information content (AvgIpc) is 3.16. The molecule has 24 heavy (non-hydrogen) atoms. The lowest BCUT2D eigenvalue weighted by atomic mass is 10.0. The number of piperazine rings is 1. The zero-order chi connectivity index (χ0) is 16.2. The van der Waals surface area contributed by atoms with Crippen LogP contribution in [0.4, 0.5) is 5.69 Å². The van der Waals surface area contributed by atoms with Crippen molar-refractivity contribution in [3.63, 3.8) is 0 Å². The number of para-hydroxylation sites is 1. The normalized spacial score (nSPS) is 23.5. The number of piperidine rings is 1. The Morgan fingerprint density at radius 3 is 2.58 bits per heavy atom. The molecular formula is C19H26N4O. The van der Waals surface area contributed by atoms with Crippen molar-refractivity contribution < 1.29 is 4.52 Å². The molecule has 0 saturated carbocycles. The lowest BCUT2D eigenvalue weighted by Crippen LogP contribution is -2.55. The third-order valence-electron chi connectivity index (χ3n) is 5.31. The van der Waals surface area contributed by atoms with E-state index in [2.05, 4.69) is 50.2 Å². The monoisotopic (exact) mass is 326 g/mol. The smallest absolute Gasteiger partial charge is 0.124 e. The van der Waals surface area contributed by atoms with Crippen LogP contribution in [0.1, 0.15) is 18.5 Å². The van der Waals surface area contributed by atoms with Crippen LogP contribution >= 0.6 is 0 Å². The maximum atomic E-state index is 4.96. The van der Waals surface area contributed by atoms with E-state index in [4.69, 9.17) is 4.52 Å². The Morgan fingerprint density at radius 1 is 1.00 bits per heavy atom. The highest BCUT2D eigenvalue weighted by molar-refractivity contribution is 5.46. The quantitative estimate of drug-likeness (QED) is 0.862. The Hall–Kier alpha value is -1.85. The predicted molar refractivity (Wildman–Crippen MR) is 95.0 cm³/mol. The van der Waals surface area contributed by atoms with Crippen molar-refractivity contribution in [1.29, 1.82) is 0 Å². The van der Waals surface area contributed by atoms with Gasteiger partial charge in [-0.15, -0.1) is 0 Å². The fourth-order valence-electron chi connectivity index (χ4n) is 4.01. The number of likely N-dealkylation sites (tertiary alicyclic amines) is 1. The summed E-state index contributed by atoms with van der Waals surface area (Å²) in [6.45, 7) is 7.82. The topological polar surface area (TPSA) is 35.8 Å². The van der Waals surface area contributed by atoms with Crippen molar-refractivity contribution in [3.05, 3.63) is 48.4 Å². The first kappa shape index (κ1) is 15.7. The number of aromatic nitrogens is 1. The second kappa shape index (κ2) is 7.36. The predicted octanol–water partition coefficient (Wildman–Crippen LogP) is 2.46. The maximum Gasteiger partial charge on any atom is 0.124 e. The molecule has 0 bridgehead atoms. The second-order valence-electron chi connectivity index (χ2n) is 6.88. The van der Waals surface area contributed by atoms with Gasteiger partial charge in [0.25, 0.3) is 0 Å². The molecule has 0 radical (unpaired) electrons. The van der Waals surface area contributed by atoms with E-state index in [1.54, 1.807) is 6.26 Å². The minimum atomic E-state index is 0.684. The maximum absolute atomic E-state index is 4.96. The molecule has 5 heteroatoms. The van der Waals surface area contributed by atoms with Crippen LogP contribution in [0.3, 0.4) is 0 Å². The van der Waals surface area contributed by atoms with E-state index in [0.29, 0.717) is 6.04 Å². The summed E-state index contributed by atoms with van der Waals surface area (Å²) in [5.74, 6) is 0. The van der Waals surface area contributed by atoms with Gasteiger partial charge in [0, 0.05) is 57.1 Å².